The number of hydrogen-bond acceptors (Lipinski definition) is 2. The van der Waals surface area contributed by atoms with Crippen molar-refractivity contribution >= 4 is 71.3 Å². The third-order valence-electron chi connectivity index (χ3n) is 10.0. The summed E-state index contributed by atoms with van der Waals surface area (Å²) in [5.74, 6) is 0. The molecule has 1 heterocycles. The van der Waals surface area contributed by atoms with Gasteiger partial charge in [0.05, 0.1) is 0 Å². The predicted molar refractivity (Wildman–Crippen MR) is 212 cm³/mol. The number of para-hydroxylation sites is 2. The summed E-state index contributed by atoms with van der Waals surface area (Å²) in [7, 11) is 0. The van der Waals surface area contributed by atoms with Gasteiger partial charge in [0.25, 0.3) is 0 Å². The molecule has 50 heavy (non-hydrogen) atoms. The van der Waals surface area contributed by atoms with E-state index < -0.39 is 0 Å². The lowest BCUT2D eigenvalue weighted by molar-refractivity contribution is 0.670. The molecule has 0 saturated heterocycles. The number of nitrogens with zero attached hydrogens (tertiary/aromatic N) is 1. The van der Waals surface area contributed by atoms with Crippen LogP contribution in [-0.4, -0.2) is 0 Å². The van der Waals surface area contributed by atoms with Crippen LogP contribution >= 0.6 is 0 Å². The molecule has 0 atom stereocenters. The van der Waals surface area contributed by atoms with E-state index in [-0.39, 0.29) is 0 Å². The Morgan fingerprint density at radius 1 is 0.340 bits per heavy atom. The molecular formula is C48H31NO. The van der Waals surface area contributed by atoms with Crippen LogP contribution in [-0.2, 0) is 0 Å². The average molecular weight is 638 g/mol. The van der Waals surface area contributed by atoms with Crippen LogP contribution in [0.2, 0.25) is 0 Å². The number of furan rings is 1. The van der Waals surface area contributed by atoms with Crippen molar-refractivity contribution in [2.24, 2.45) is 0 Å². The topological polar surface area (TPSA) is 16.4 Å². The quantitative estimate of drug-likeness (QED) is 0.175. The van der Waals surface area contributed by atoms with Crippen LogP contribution in [0.15, 0.2) is 192 Å². The van der Waals surface area contributed by atoms with Crippen LogP contribution in [0.25, 0.3) is 76.5 Å². The monoisotopic (exact) mass is 637 g/mol. The minimum Gasteiger partial charge on any atom is -0.455 e. The van der Waals surface area contributed by atoms with E-state index in [1.165, 1.54) is 43.4 Å². The van der Waals surface area contributed by atoms with Gasteiger partial charge in [0.1, 0.15) is 11.2 Å². The Labute approximate surface area is 290 Å². The first kappa shape index (κ1) is 28.4. The summed E-state index contributed by atoms with van der Waals surface area (Å²) in [6.45, 7) is 0. The second-order valence-corrected chi connectivity index (χ2v) is 12.9. The van der Waals surface area contributed by atoms with Crippen LogP contribution in [0.3, 0.4) is 0 Å². The average Bonchev–Trinajstić information content (AvgIpc) is 3.58. The van der Waals surface area contributed by atoms with E-state index in [0.29, 0.717) is 0 Å². The first-order valence-corrected chi connectivity index (χ1v) is 17.1. The van der Waals surface area contributed by atoms with Gasteiger partial charge in [-0.1, -0.05) is 146 Å². The number of rotatable bonds is 5. The second kappa shape index (κ2) is 11.5. The van der Waals surface area contributed by atoms with Crippen molar-refractivity contribution in [3.63, 3.8) is 0 Å². The van der Waals surface area contributed by atoms with Gasteiger partial charge in [-0.2, -0.15) is 0 Å². The fourth-order valence-corrected chi connectivity index (χ4v) is 7.61. The predicted octanol–water partition coefficient (Wildman–Crippen LogP) is 13.8. The van der Waals surface area contributed by atoms with E-state index in [9.17, 15) is 0 Å². The Kier molecular flexibility index (Phi) is 6.53. The second-order valence-electron chi connectivity index (χ2n) is 12.9. The molecule has 0 fully saturated rings. The zero-order chi connectivity index (χ0) is 33.0. The van der Waals surface area contributed by atoms with Gasteiger partial charge < -0.3 is 9.32 Å². The molecule has 0 N–H and O–H groups in total. The van der Waals surface area contributed by atoms with Gasteiger partial charge in [0.15, 0.2) is 0 Å². The zero-order valence-corrected chi connectivity index (χ0v) is 27.3. The number of anilines is 3. The fraction of sp³-hybridized carbons (Fsp3) is 0. The molecular weight excluding hydrogens is 607 g/mol. The number of benzene rings is 9. The molecule has 0 spiro atoms. The van der Waals surface area contributed by atoms with Crippen molar-refractivity contribution < 1.29 is 4.42 Å². The van der Waals surface area contributed by atoms with E-state index in [1.807, 2.05) is 12.1 Å². The summed E-state index contributed by atoms with van der Waals surface area (Å²) in [6, 6.07) is 67.5. The lowest BCUT2D eigenvalue weighted by Crippen LogP contribution is -2.09. The molecule has 234 valence electrons. The smallest absolute Gasteiger partial charge is 0.143 e. The SMILES string of the molecule is c1ccc(-c2ccc(N(c3ccc(-c4cccc5c4oc4ccccc45)cc3)c3ccc4c(ccc5ccc6ccccc6c54)c3)cc2)cc1. The van der Waals surface area contributed by atoms with Gasteiger partial charge >= 0.3 is 0 Å². The summed E-state index contributed by atoms with van der Waals surface area (Å²) >= 11 is 0. The molecule has 10 rings (SSSR count). The molecule has 0 aliphatic rings. The minimum atomic E-state index is 0.911. The van der Waals surface area contributed by atoms with Crippen LogP contribution in [0.1, 0.15) is 0 Å². The highest BCUT2D eigenvalue weighted by Crippen LogP contribution is 2.41. The largest absolute Gasteiger partial charge is 0.455 e. The molecule has 0 amide bonds. The van der Waals surface area contributed by atoms with E-state index in [2.05, 4.69) is 181 Å². The van der Waals surface area contributed by atoms with Crippen molar-refractivity contribution in [2.45, 2.75) is 0 Å². The summed E-state index contributed by atoms with van der Waals surface area (Å²) in [5, 5.41) is 9.86. The van der Waals surface area contributed by atoms with Gasteiger partial charge in [-0.3, -0.25) is 0 Å². The van der Waals surface area contributed by atoms with Gasteiger partial charge in [-0.05, 0) is 91.5 Å². The Morgan fingerprint density at radius 2 is 0.920 bits per heavy atom. The molecule has 0 bridgehead atoms. The maximum atomic E-state index is 6.39. The van der Waals surface area contributed by atoms with Crippen molar-refractivity contribution in [3.8, 4) is 22.3 Å². The molecule has 2 nitrogen and oxygen atoms in total. The standard InChI is InChI=1S/C48H31NO/c1-2-9-32(10-3-1)33-21-25-38(26-22-33)49(40-29-30-42-37(31-40)20-19-36-18-17-34-11-4-5-12-41(34)47(36)42)39-27-23-35(24-28-39)43-14-8-15-45-44-13-6-7-16-46(44)50-48(43)45/h1-31H. The molecule has 0 aliphatic carbocycles. The molecule has 2 heteroatoms. The summed E-state index contributed by atoms with van der Waals surface area (Å²) < 4.78 is 6.39. The number of fused-ring (bicyclic) bond motifs is 8. The van der Waals surface area contributed by atoms with Crippen molar-refractivity contribution in [1.82, 2.24) is 0 Å². The Hall–Kier alpha value is -6.64. The van der Waals surface area contributed by atoms with Crippen LogP contribution < -0.4 is 4.90 Å². The van der Waals surface area contributed by atoms with Crippen molar-refractivity contribution in [3.05, 3.63) is 188 Å². The van der Waals surface area contributed by atoms with E-state index in [1.54, 1.807) is 0 Å². The lowest BCUT2D eigenvalue weighted by atomic mass is 9.96. The molecule has 0 unspecified atom stereocenters. The summed E-state index contributed by atoms with van der Waals surface area (Å²) in [6.07, 6.45) is 0. The third kappa shape index (κ3) is 4.65. The molecule has 9 aromatic carbocycles. The van der Waals surface area contributed by atoms with Gasteiger partial charge in [0, 0.05) is 33.4 Å². The highest BCUT2D eigenvalue weighted by atomic mass is 16.3. The Bertz CT molecular complexity index is 2850. The Balaban J connectivity index is 1.11. The van der Waals surface area contributed by atoms with Crippen LogP contribution in [0.4, 0.5) is 17.1 Å². The molecule has 0 radical (unpaired) electrons. The van der Waals surface area contributed by atoms with E-state index in [0.717, 1.165) is 50.1 Å². The van der Waals surface area contributed by atoms with Crippen LogP contribution in [0, 0.1) is 0 Å². The summed E-state index contributed by atoms with van der Waals surface area (Å²) in [5.41, 5.74) is 9.74. The van der Waals surface area contributed by atoms with E-state index >= 15 is 0 Å². The number of hydrogen-bond donors (Lipinski definition) is 0. The fourth-order valence-electron chi connectivity index (χ4n) is 7.61. The van der Waals surface area contributed by atoms with Gasteiger partial charge in [-0.15, -0.1) is 0 Å². The highest BCUT2D eigenvalue weighted by Gasteiger charge is 2.17. The molecule has 0 saturated carbocycles. The molecule has 10 aromatic rings. The van der Waals surface area contributed by atoms with Crippen molar-refractivity contribution in [1.29, 1.82) is 0 Å². The first-order valence-electron chi connectivity index (χ1n) is 17.1. The van der Waals surface area contributed by atoms with Gasteiger partial charge in [0.2, 0.25) is 0 Å². The Morgan fingerprint density at radius 3 is 1.72 bits per heavy atom. The zero-order valence-electron chi connectivity index (χ0n) is 27.3. The molecule has 0 aliphatic heterocycles. The van der Waals surface area contributed by atoms with E-state index in [4.69, 9.17) is 4.42 Å². The maximum absolute atomic E-state index is 6.39. The lowest BCUT2D eigenvalue weighted by Gasteiger charge is -2.26. The third-order valence-corrected chi connectivity index (χ3v) is 10.0. The summed E-state index contributed by atoms with van der Waals surface area (Å²) in [4.78, 5) is 2.35. The first-order chi connectivity index (χ1) is 24.8. The molecule has 1 aromatic heterocycles. The normalized spacial score (nSPS) is 11.6. The van der Waals surface area contributed by atoms with Crippen LogP contribution in [0.5, 0.6) is 0 Å². The minimum absolute atomic E-state index is 0.911. The maximum Gasteiger partial charge on any atom is 0.143 e. The van der Waals surface area contributed by atoms with Crippen molar-refractivity contribution in [2.75, 3.05) is 4.90 Å². The van der Waals surface area contributed by atoms with Gasteiger partial charge in [-0.25, -0.2) is 0 Å². The highest BCUT2D eigenvalue weighted by molar-refractivity contribution is 6.20.